The Morgan fingerprint density at radius 2 is 2.19 bits per heavy atom. The number of β-lactam (4-membered cyclic amide) rings is 1. The Labute approximate surface area is 93.5 Å². The van der Waals surface area contributed by atoms with E-state index in [4.69, 9.17) is 15.7 Å². The minimum atomic E-state index is -0.801. The van der Waals surface area contributed by atoms with Gasteiger partial charge in [-0.15, -0.1) is 0 Å². The van der Waals surface area contributed by atoms with E-state index in [1.807, 2.05) is 0 Å². The van der Waals surface area contributed by atoms with Gasteiger partial charge in [-0.05, 0) is 20.8 Å². The second-order valence-corrected chi connectivity index (χ2v) is 4.61. The van der Waals surface area contributed by atoms with Gasteiger partial charge < -0.3 is 15.8 Å². The van der Waals surface area contributed by atoms with E-state index in [1.165, 1.54) is 0 Å². The molecule has 7 heteroatoms. The Bertz CT molecular complexity index is 300. The first-order valence-corrected chi connectivity index (χ1v) is 4.98. The number of ether oxygens (including phenoxy) is 1. The van der Waals surface area contributed by atoms with Crippen molar-refractivity contribution in [2.24, 2.45) is 5.73 Å². The minimum Gasteiger partial charge on any atom is -0.444 e. The summed E-state index contributed by atoms with van der Waals surface area (Å²) in [4.78, 5) is 22.5. The predicted molar refractivity (Wildman–Crippen MR) is 54.6 cm³/mol. The average Bonchev–Trinajstić information content (AvgIpc) is 2.14. The van der Waals surface area contributed by atoms with E-state index in [0.717, 1.165) is 0 Å². The molecule has 1 fully saturated rings. The van der Waals surface area contributed by atoms with Crippen molar-refractivity contribution in [3.8, 4) is 0 Å². The van der Waals surface area contributed by atoms with E-state index in [0.29, 0.717) is 5.06 Å². The number of nitrogens with one attached hydrogen (secondary N) is 1. The second-order valence-electron chi connectivity index (χ2n) is 4.61. The van der Waals surface area contributed by atoms with Gasteiger partial charge in [-0.3, -0.25) is 10.0 Å². The van der Waals surface area contributed by atoms with Gasteiger partial charge in [-0.2, -0.15) is 0 Å². The number of carbonyl (C=O) groups excluding carboxylic acids is 2. The maximum atomic E-state index is 11.3. The maximum Gasteiger partial charge on any atom is 0.408 e. The van der Waals surface area contributed by atoms with Crippen molar-refractivity contribution in [2.75, 3.05) is 6.54 Å². The van der Waals surface area contributed by atoms with E-state index in [1.54, 1.807) is 20.8 Å². The molecule has 16 heavy (non-hydrogen) atoms. The predicted octanol–water partition coefficient (Wildman–Crippen LogP) is -0.562. The summed E-state index contributed by atoms with van der Waals surface area (Å²) in [5.74, 6) is -0.582. The van der Waals surface area contributed by atoms with Crippen LogP contribution in [0.2, 0.25) is 0 Å². The molecule has 92 valence electrons. The Morgan fingerprint density at radius 1 is 1.62 bits per heavy atom. The highest BCUT2D eigenvalue weighted by molar-refractivity contribution is 5.91. The van der Waals surface area contributed by atoms with Crippen LogP contribution >= 0.6 is 0 Å². The molecule has 0 unspecified atom stereocenters. The lowest BCUT2D eigenvalue weighted by Gasteiger charge is -2.41. The van der Waals surface area contributed by atoms with Crippen LogP contribution in [0.15, 0.2) is 0 Å². The zero-order valence-corrected chi connectivity index (χ0v) is 9.56. The molecule has 2 atom stereocenters. The Morgan fingerprint density at radius 3 is 2.62 bits per heavy atom. The first-order chi connectivity index (χ1) is 7.26. The van der Waals surface area contributed by atoms with Crippen molar-refractivity contribution in [1.29, 1.82) is 0 Å². The Balaban J connectivity index is 2.49. The minimum absolute atomic E-state index is 0.0721. The van der Waals surface area contributed by atoms with Crippen LogP contribution in [0.5, 0.6) is 0 Å². The summed E-state index contributed by atoms with van der Waals surface area (Å²) in [6, 6.07) is -1.38. The number of nitrogens with zero attached hydrogens (tertiary/aromatic N) is 1. The molecule has 0 radical (unpaired) electrons. The average molecular weight is 231 g/mol. The van der Waals surface area contributed by atoms with Crippen molar-refractivity contribution < 1.29 is 19.5 Å². The quantitative estimate of drug-likeness (QED) is 0.436. The van der Waals surface area contributed by atoms with Crippen LogP contribution in [0.1, 0.15) is 20.8 Å². The fraction of sp³-hybridized carbons (Fsp3) is 0.778. The highest BCUT2D eigenvalue weighted by Crippen LogP contribution is 2.17. The van der Waals surface area contributed by atoms with Gasteiger partial charge in [-0.1, -0.05) is 0 Å². The number of hydroxylamine groups is 2. The summed E-state index contributed by atoms with van der Waals surface area (Å²) < 4.78 is 4.98. The third-order valence-corrected chi connectivity index (χ3v) is 2.10. The summed E-state index contributed by atoms with van der Waals surface area (Å²) >= 11 is 0. The molecule has 0 aliphatic carbocycles. The SMILES string of the molecule is CC(C)(C)OC(=O)N[C@@H]1C(=O)N(O)[C@H]1CN. The maximum absolute atomic E-state index is 11.3. The fourth-order valence-corrected chi connectivity index (χ4v) is 1.36. The molecule has 1 heterocycles. The number of carbonyl (C=O) groups is 2. The number of hydrogen-bond acceptors (Lipinski definition) is 5. The molecule has 1 saturated heterocycles. The molecule has 4 N–H and O–H groups in total. The summed E-state index contributed by atoms with van der Waals surface area (Å²) in [6.45, 7) is 5.22. The van der Waals surface area contributed by atoms with Crippen molar-refractivity contribution in [3.05, 3.63) is 0 Å². The van der Waals surface area contributed by atoms with Gasteiger partial charge in [0.25, 0.3) is 5.91 Å². The molecule has 0 aromatic heterocycles. The van der Waals surface area contributed by atoms with Crippen LogP contribution < -0.4 is 11.1 Å². The molecular weight excluding hydrogens is 214 g/mol. The van der Waals surface area contributed by atoms with E-state index < -0.39 is 29.7 Å². The summed E-state index contributed by atoms with van der Waals surface area (Å²) in [6.07, 6.45) is -0.697. The first-order valence-electron chi connectivity index (χ1n) is 4.98. The number of alkyl carbamates (subject to hydrolysis) is 1. The van der Waals surface area contributed by atoms with E-state index in [9.17, 15) is 9.59 Å². The molecule has 1 aliphatic rings. The number of amides is 2. The monoisotopic (exact) mass is 231 g/mol. The Kier molecular flexibility index (Phi) is 3.39. The zero-order chi connectivity index (χ0) is 12.5. The third kappa shape index (κ3) is 2.61. The van der Waals surface area contributed by atoms with Crippen LogP contribution in [-0.4, -0.2) is 46.5 Å². The van der Waals surface area contributed by atoms with Crippen molar-refractivity contribution in [1.82, 2.24) is 10.4 Å². The Hall–Kier alpha value is -1.34. The van der Waals surface area contributed by atoms with Crippen molar-refractivity contribution >= 4 is 12.0 Å². The first kappa shape index (κ1) is 12.7. The lowest BCUT2D eigenvalue weighted by molar-refractivity contribution is -0.207. The fourth-order valence-electron chi connectivity index (χ4n) is 1.36. The van der Waals surface area contributed by atoms with Gasteiger partial charge in [0, 0.05) is 6.54 Å². The van der Waals surface area contributed by atoms with Crippen LogP contribution in [-0.2, 0) is 9.53 Å². The molecule has 0 bridgehead atoms. The largest absolute Gasteiger partial charge is 0.444 e. The third-order valence-electron chi connectivity index (χ3n) is 2.10. The summed E-state index contributed by atoms with van der Waals surface area (Å²) in [7, 11) is 0. The highest BCUT2D eigenvalue weighted by atomic mass is 16.6. The van der Waals surface area contributed by atoms with Crippen LogP contribution in [0, 0.1) is 0 Å². The summed E-state index contributed by atoms with van der Waals surface area (Å²) in [5.41, 5.74) is 4.70. The molecule has 0 aromatic carbocycles. The van der Waals surface area contributed by atoms with Gasteiger partial charge in [0.05, 0.1) is 0 Å². The number of rotatable bonds is 2. The molecule has 0 saturated carbocycles. The normalized spacial score (nSPS) is 25.1. The zero-order valence-electron chi connectivity index (χ0n) is 9.56. The van der Waals surface area contributed by atoms with E-state index in [2.05, 4.69) is 5.32 Å². The standard InChI is InChI=1S/C9H17N3O4/c1-9(2,3)16-8(14)11-6-5(4-10)12(15)7(6)13/h5-6,15H,4,10H2,1-3H3,(H,11,14)/t5-,6-/m0/s1. The van der Waals surface area contributed by atoms with Gasteiger partial charge in [0.2, 0.25) is 0 Å². The van der Waals surface area contributed by atoms with E-state index in [-0.39, 0.29) is 6.54 Å². The number of hydrogen-bond donors (Lipinski definition) is 3. The molecular formula is C9H17N3O4. The van der Waals surface area contributed by atoms with Gasteiger partial charge in [0.1, 0.15) is 17.7 Å². The molecule has 1 aliphatic heterocycles. The van der Waals surface area contributed by atoms with E-state index >= 15 is 0 Å². The lowest BCUT2D eigenvalue weighted by Crippen LogP contribution is -2.71. The van der Waals surface area contributed by atoms with Gasteiger partial charge in [-0.25, -0.2) is 9.86 Å². The van der Waals surface area contributed by atoms with Crippen LogP contribution in [0.25, 0.3) is 0 Å². The van der Waals surface area contributed by atoms with Crippen LogP contribution in [0.4, 0.5) is 4.79 Å². The second kappa shape index (κ2) is 4.26. The molecule has 0 aromatic rings. The molecule has 7 nitrogen and oxygen atoms in total. The van der Waals surface area contributed by atoms with Crippen LogP contribution in [0.3, 0.4) is 0 Å². The van der Waals surface area contributed by atoms with Gasteiger partial charge >= 0.3 is 6.09 Å². The molecule has 2 amide bonds. The highest BCUT2D eigenvalue weighted by Gasteiger charge is 2.47. The number of nitrogens with two attached hydrogens (primary N) is 1. The lowest BCUT2D eigenvalue weighted by atomic mass is 9.99. The topological polar surface area (TPSA) is 105 Å². The molecule has 0 spiro atoms. The smallest absolute Gasteiger partial charge is 0.408 e. The van der Waals surface area contributed by atoms with Gasteiger partial charge in [0.15, 0.2) is 0 Å². The van der Waals surface area contributed by atoms with Crippen molar-refractivity contribution in [3.63, 3.8) is 0 Å². The van der Waals surface area contributed by atoms with Crippen molar-refractivity contribution in [2.45, 2.75) is 38.5 Å². The summed E-state index contributed by atoms with van der Waals surface area (Å²) in [5, 5.41) is 12.0. The molecule has 1 rings (SSSR count).